The molecule has 0 spiro atoms. The molecule has 0 radical (unpaired) electrons. The number of carbonyl (C=O) groups is 1. The summed E-state index contributed by atoms with van der Waals surface area (Å²) in [6.45, 7) is 3.08. The number of amides is 1. The fourth-order valence-electron chi connectivity index (χ4n) is 3.93. The first-order chi connectivity index (χ1) is 15.2. The number of rotatable bonds is 5. The lowest BCUT2D eigenvalue weighted by molar-refractivity contribution is -0.133. The number of sulfonamides is 1. The van der Waals surface area contributed by atoms with Gasteiger partial charge in [0.2, 0.25) is 15.9 Å². The molecular formula is C21H22Cl2N4O4S. The highest BCUT2D eigenvalue weighted by molar-refractivity contribution is 7.89. The third-order valence-corrected chi connectivity index (χ3v) is 8.29. The van der Waals surface area contributed by atoms with Crippen LogP contribution in [0.4, 0.5) is 0 Å². The minimum Gasteiger partial charge on any atom is -0.338 e. The van der Waals surface area contributed by atoms with Gasteiger partial charge >= 0.3 is 5.69 Å². The van der Waals surface area contributed by atoms with Gasteiger partial charge in [-0.3, -0.25) is 13.9 Å². The smallest absolute Gasteiger partial charge is 0.329 e. The number of nitrogens with zero attached hydrogens (tertiary/aromatic N) is 4. The maximum atomic E-state index is 12.9. The number of aromatic nitrogens is 2. The summed E-state index contributed by atoms with van der Waals surface area (Å²) in [4.78, 5) is 27.4. The lowest BCUT2D eigenvalue weighted by Gasteiger charge is -2.34. The van der Waals surface area contributed by atoms with E-state index in [1.54, 1.807) is 9.47 Å². The number of para-hydroxylation sites is 2. The van der Waals surface area contributed by atoms with Crippen molar-refractivity contribution in [2.45, 2.75) is 24.9 Å². The zero-order valence-electron chi connectivity index (χ0n) is 17.4. The lowest BCUT2D eigenvalue weighted by atomic mass is 10.3. The fraction of sp³-hybridized carbons (Fsp3) is 0.333. The fourth-order valence-corrected chi connectivity index (χ4v) is 5.74. The molecule has 0 saturated carbocycles. The topological polar surface area (TPSA) is 84.6 Å². The predicted octanol–water partition coefficient (Wildman–Crippen LogP) is 2.66. The van der Waals surface area contributed by atoms with Gasteiger partial charge in [-0.1, -0.05) is 35.3 Å². The van der Waals surface area contributed by atoms with Crippen molar-refractivity contribution >= 4 is 50.2 Å². The Morgan fingerprint density at radius 3 is 2.16 bits per heavy atom. The first-order valence-corrected chi connectivity index (χ1v) is 12.3. The van der Waals surface area contributed by atoms with Gasteiger partial charge in [-0.05, 0) is 37.3 Å². The van der Waals surface area contributed by atoms with Crippen molar-refractivity contribution in [1.29, 1.82) is 0 Å². The Kier molecular flexibility index (Phi) is 6.35. The largest absolute Gasteiger partial charge is 0.338 e. The van der Waals surface area contributed by atoms with E-state index in [0.717, 1.165) is 5.52 Å². The van der Waals surface area contributed by atoms with E-state index in [1.165, 1.54) is 27.1 Å². The van der Waals surface area contributed by atoms with E-state index in [9.17, 15) is 18.0 Å². The van der Waals surface area contributed by atoms with Crippen LogP contribution in [0.15, 0.2) is 52.2 Å². The van der Waals surface area contributed by atoms with Gasteiger partial charge in [0.15, 0.2) is 0 Å². The normalized spacial score (nSPS) is 15.4. The van der Waals surface area contributed by atoms with Gasteiger partial charge in [-0.15, -0.1) is 0 Å². The molecule has 0 bridgehead atoms. The van der Waals surface area contributed by atoms with E-state index in [2.05, 4.69) is 0 Å². The Morgan fingerprint density at radius 2 is 1.56 bits per heavy atom. The van der Waals surface area contributed by atoms with Gasteiger partial charge in [-0.2, -0.15) is 4.31 Å². The number of hydrogen-bond acceptors (Lipinski definition) is 4. The SMILES string of the molecule is CCn1c(=O)n(CC(=O)N2CCN(S(=O)(=O)c3ccc(Cl)c(Cl)c3)CC2)c2ccccc21. The number of aryl methyl sites for hydroxylation is 1. The van der Waals surface area contributed by atoms with E-state index in [0.29, 0.717) is 12.1 Å². The number of benzene rings is 2. The standard InChI is InChI=1S/C21H22Cl2N4O4S/c1-2-26-18-5-3-4-6-19(18)27(21(26)29)14-20(28)24-9-11-25(12-10-24)32(30,31)15-7-8-16(22)17(23)13-15/h3-8,13H,2,9-12,14H2,1H3. The van der Waals surface area contributed by atoms with Crippen molar-refractivity contribution in [2.75, 3.05) is 26.2 Å². The third-order valence-electron chi connectivity index (χ3n) is 5.65. The highest BCUT2D eigenvalue weighted by atomic mass is 35.5. The molecule has 0 atom stereocenters. The maximum absolute atomic E-state index is 12.9. The monoisotopic (exact) mass is 496 g/mol. The van der Waals surface area contributed by atoms with Crippen LogP contribution in [0.2, 0.25) is 10.0 Å². The molecule has 1 aromatic heterocycles. The summed E-state index contributed by atoms with van der Waals surface area (Å²) in [6, 6.07) is 11.5. The number of halogens is 2. The average molecular weight is 497 g/mol. The Balaban J connectivity index is 1.48. The Morgan fingerprint density at radius 1 is 0.938 bits per heavy atom. The first kappa shape index (κ1) is 22.8. The van der Waals surface area contributed by atoms with Gasteiger partial charge in [0, 0.05) is 32.7 Å². The minimum atomic E-state index is -3.75. The van der Waals surface area contributed by atoms with Crippen LogP contribution in [0.5, 0.6) is 0 Å². The molecule has 2 aromatic carbocycles. The molecule has 11 heteroatoms. The van der Waals surface area contributed by atoms with Crippen molar-refractivity contribution in [2.24, 2.45) is 0 Å². The van der Waals surface area contributed by atoms with Gasteiger partial charge in [0.1, 0.15) is 6.54 Å². The first-order valence-electron chi connectivity index (χ1n) is 10.1. The highest BCUT2D eigenvalue weighted by Crippen LogP contribution is 2.27. The van der Waals surface area contributed by atoms with Crippen molar-refractivity contribution in [3.05, 3.63) is 63.0 Å². The summed E-state index contributed by atoms with van der Waals surface area (Å²) >= 11 is 11.9. The molecule has 0 aliphatic carbocycles. The number of hydrogen-bond donors (Lipinski definition) is 0. The summed E-state index contributed by atoms with van der Waals surface area (Å²) in [5.41, 5.74) is 1.25. The van der Waals surface area contributed by atoms with Crippen molar-refractivity contribution in [1.82, 2.24) is 18.3 Å². The second kappa shape index (κ2) is 8.90. The lowest BCUT2D eigenvalue weighted by Crippen LogP contribution is -2.51. The minimum absolute atomic E-state index is 0.0607. The van der Waals surface area contributed by atoms with Gasteiger partial charge in [0.05, 0.1) is 26.0 Å². The molecule has 32 heavy (non-hydrogen) atoms. The number of imidazole rings is 1. The van der Waals surface area contributed by atoms with Crippen molar-refractivity contribution < 1.29 is 13.2 Å². The quantitative estimate of drug-likeness (QED) is 0.543. The zero-order valence-corrected chi connectivity index (χ0v) is 19.7. The molecule has 8 nitrogen and oxygen atoms in total. The van der Waals surface area contributed by atoms with E-state index < -0.39 is 10.0 Å². The van der Waals surface area contributed by atoms with Crippen LogP contribution in [0.3, 0.4) is 0 Å². The summed E-state index contributed by atoms with van der Waals surface area (Å²) < 4.78 is 30.3. The molecule has 1 amide bonds. The molecular weight excluding hydrogens is 475 g/mol. The van der Waals surface area contributed by atoms with Crippen LogP contribution in [0.1, 0.15) is 6.92 Å². The van der Waals surface area contributed by atoms with E-state index in [4.69, 9.17) is 23.2 Å². The number of fused-ring (bicyclic) bond motifs is 1. The molecule has 3 aromatic rings. The average Bonchev–Trinajstić information content (AvgIpc) is 3.06. The molecule has 0 unspecified atom stereocenters. The molecule has 4 rings (SSSR count). The molecule has 1 saturated heterocycles. The van der Waals surface area contributed by atoms with Crippen LogP contribution >= 0.6 is 23.2 Å². The second-order valence-electron chi connectivity index (χ2n) is 7.46. The predicted molar refractivity (Wildman–Crippen MR) is 124 cm³/mol. The zero-order chi connectivity index (χ0) is 23.0. The van der Waals surface area contributed by atoms with E-state index in [-0.39, 0.29) is 59.3 Å². The summed E-state index contributed by atoms with van der Waals surface area (Å²) in [7, 11) is -3.75. The molecule has 1 aliphatic rings. The molecule has 1 fully saturated rings. The maximum Gasteiger partial charge on any atom is 0.329 e. The number of piperazine rings is 1. The van der Waals surface area contributed by atoms with Crippen LogP contribution in [-0.4, -0.2) is 58.8 Å². The summed E-state index contributed by atoms with van der Waals surface area (Å²) in [5.74, 6) is -0.224. The number of carbonyl (C=O) groups excluding carboxylic acids is 1. The summed E-state index contributed by atoms with van der Waals surface area (Å²) in [6.07, 6.45) is 0. The van der Waals surface area contributed by atoms with Crippen LogP contribution in [0.25, 0.3) is 11.0 Å². The van der Waals surface area contributed by atoms with E-state index in [1.807, 2.05) is 31.2 Å². The van der Waals surface area contributed by atoms with Gasteiger partial charge in [-0.25, -0.2) is 13.2 Å². The Bertz CT molecular complexity index is 1340. The Hall–Kier alpha value is -2.33. The Labute approximate surface area is 195 Å². The van der Waals surface area contributed by atoms with E-state index >= 15 is 0 Å². The molecule has 0 N–H and O–H groups in total. The van der Waals surface area contributed by atoms with Gasteiger partial charge < -0.3 is 4.90 Å². The second-order valence-corrected chi connectivity index (χ2v) is 10.2. The van der Waals surface area contributed by atoms with Gasteiger partial charge in [0.25, 0.3) is 0 Å². The third kappa shape index (κ3) is 4.05. The molecule has 1 aliphatic heterocycles. The molecule has 170 valence electrons. The van der Waals surface area contributed by atoms with Crippen molar-refractivity contribution in [3.63, 3.8) is 0 Å². The van der Waals surface area contributed by atoms with Crippen molar-refractivity contribution in [3.8, 4) is 0 Å². The van der Waals surface area contributed by atoms with Crippen LogP contribution in [0, 0.1) is 0 Å². The molecule has 2 heterocycles. The van der Waals surface area contributed by atoms with Crippen LogP contribution in [-0.2, 0) is 27.9 Å². The highest BCUT2D eigenvalue weighted by Gasteiger charge is 2.31. The summed E-state index contributed by atoms with van der Waals surface area (Å²) in [5, 5.41) is 0.443. The van der Waals surface area contributed by atoms with Crippen LogP contribution < -0.4 is 5.69 Å².